The molecule has 0 aliphatic carbocycles. The van der Waals surface area contributed by atoms with Gasteiger partial charge in [0, 0.05) is 11.3 Å². The molecule has 1 aromatic rings. The predicted octanol–water partition coefficient (Wildman–Crippen LogP) is 1.95. The molecule has 0 aromatic heterocycles. The SMILES string of the molecule is CC(C)=NNC(=O)[C@H](NC(=O)c1ccccc1)C(C)C. The van der Waals surface area contributed by atoms with E-state index >= 15 is 0 Å². The summed E-state index contributed by atoms with van der Waals surface area (Å²) >= 11 is 0. The van der Waals surface area contributed by atoms with Gasteiger partial charge < -0.3 is 5.32 Å². The molecule has 0 heterocycles. The van der Waals surface area contributed by atoms with Crippen molar-refractivity contribution in [3.63, 3.8) is 0 Å². The third-order valence-electron chi connectivity index (χ3n) is 2.66. The Kier molecular flexibility index (Phi) is 5.90. The minimum atomic E-state index is -0.620. The Bertz CT molecular complexity index is 491. The Morgan fingerprint density at radius 2 is 1.70 bits per heavy atom. The van der Waals surface area contributed by atoms with Gasteiger partial charge >= 0.3 is 0 Å². The van der Waals surface area contributed by atoms with Gasteiger partial charge in [0.15, 0.2) is 0 Å². The number of hydrogen-bond acceptors (Lipinski definition) is 3. The molecule has 0 saturated heterocycles. The number of benzene rings is 1. The number of hydrazone groups is 1. The number of amides is 2. The van der Waals surface area contributed by atoms with Crippen molar-refractivity contribution < 1.29 is 9.59 Å². The zero-order valence-corrected chi connectivity index (χ0v) is 12.3. The van der Waals surface area contributed by atoms with E-state index in [0.717, 1.165) is 5.71 Å². The molecule has 2 N–H and O–H groups in total. The molecule has 0 spiro atoms. The first-order valence-corrected chi connectivity index (χ1v) is 6.58. The molecule has 1 rings (SSSR count). The monoisotopic (exact) mass is 275 g/mol. The Hall–Kier alpha value is -2.17. The van der Waals surface area contributed by atoms with Crippen LogP contribution in [0.25, 0.3) is 0 Å². The lowest BCUT2D eigenvalue weighted by Gasteiger charge is -2.20. The maximum atomic E-state index is 12.1. The molecule has 0 aliphatic heterocycles. The number of carbonyl (C=O) groups excluding carboxylic acids is 2. The summed E-state index contributed by atoms with van der Waals surface area (Å²) in [5.74, 6) is -0.614. The van der Waals surface area contributed by atoms with Crippen molar-refractivity contribution in [1.82, 2.24) is 10.7 Å². The molecule has 0 radical (unpaired) electrons. The molecule has 1 aromatic carbocycles. The molecule has 20 heavy (non-hydrogen) atoms. The summed E-state index contributed by atoms with van der Waals surface area (Å²) in [6, 6.07) is 8.19. The maximum Gasteiger partial charge on any atom is 0.262 e. The van der Waals surface area contributed by atoms with Crippen LogP contribution in [0.5, 0.6) is 0 Å². The summed E-state index contributed by atoms with van der Waals surface area (Å²) in [6.07, 6.45) is 0. The van der Waals surface area contributed by atoms with Crippen LogP contribution in [0.15, 0.2) is 35.4 Å². The van der Waals surface area contributed by atoms with Crippen LogP contribution < -0.4 is 10.7 Å². The first-order chi connectivity index (χ1) is 9.41. The normalized spacial score (nSPS) is 11.7. The molecular weight excluding hydrogens is 254 g/mol. The topological polar surface area (TPSA) is 70.6 Å². The van der Waals surface area contributed by atoms with Crippen LogP contribution in [0, 0.1) is 5.92 Å². The molecule has 1 atom stereocenters. The average molecular weight is 275 g/mol. The molecular formula is C15H21N3O2. The molecule has 0 unspecified atom stereocenters. The average Bonchev–Trinajstić information content (AvgIpc) is 2.42. The van der Waals surface area contributed by atoms with Crippen molar-refractivity contribution in [2.75, 3.05) is 0 Å². The van der Waals surface area contributed by atoms with Crippen molar-refractivity contribution in [2.45, 2.75) is 33.7 Å². The van der Waals surface area contributed by atoms with E-state index in [1.54, 1.807) is 38.1 Å². The van der Waals surface area contributed by atoms with E-state index in [1.165, 1.54) is 0 Å². The number of carbonyl (C=O) groups is 2. The summed E-state index contributed by atoms with van der Waals surface area (Å²) in [5, 5.41) is 6.61. The zero-order chi connectivity index (χ0) is 15.1. The smallest absolute Gasteiger partial charge is 0.262 e. The highest BCUT2D eigenvalue weighted by atomic mass is 16.2. The van der Waals surface area contributed by atoms with E-state index in [-0.39, 0.29) is 17.7 Å². The van der Waals surface area contributed by atoms with Crippen molar-refractivity contribution in [3.05, 3.63) is 35.9 Å². The van der Waals surface area contributed by atoms with Gasteiger partial charge in [-0.15, -0.1) is 0 Å². The predicted molar refractivity (Wildman–Crippen MR) is 79.5 cm³/mol. The van der Waals surface area contributed by atoms with E-state index in [0.29, 0.717) is 5.56 Å². The van der Waals surface area contributed by atoms with Crippen LogP contribution in [0.4, 0.5) is 0 Å². The zero-order valence-electron chi connectivity index (χ0n) is 12.3. The van der Waals surface area contributed by atoms with E-state index < -0.39 is 6.04 Å². The highest BCUT2D eigenvalue weighted by molar-refractivity contribution is 5.97. The van der Waals surface area contributed by atoms with Crippen LogP contribution in [0.3, 0.4) is 0 Å². The molecule has 0 saturated carbocycles. The quantitative estimate of drug-likeness (QED) is 0.637. The van der Waals surface area contributed by atoms with Crippen molar-refractivity contribution in [3.8, 4) is 0 Å². The molecule has 2 amide bonds. The maximum absolute atomic E-state index is 12.1. The first kappa shape index (κ1) is 15.9. The molecule has 108 valence electrons. The van der Waals surface area contributed by atoms with Crippen molar-refractivity contribution in [1.29, 1.82) is 0 Å². The number of nitrogens with zero attached hydrogens (tertiary/aromatic N) is 1. The van der Waals surface area contributed by atoms with Crippen molar-refractivity contribution in [2.24, 2.45) is 11.0 Å². The lowest BCUT2D eigenvalue weighted by Crippen LogP contribution is -2.48. The molecule has 0 bridgehead atoms. The third-order valence-corrected chi connectivity index (χ3v) is 2.66. The molecule has 0 fully saturated rings. The Morgan fingerprint density at radius 1 is 1.10 bits per heavy atom. The molecule has 0 aliphatic rings. The van der Waals surface area contributed by atoms with Gasteiger partial charge in [-0.05, 0) is 31.9 Å². The second kappa shape index (κ2) is 7.43. The van der Waals surface area contributed by atoms with Gasteiger partial charge in [-0.1, -0.05) is 32.0 Å². The fourth-order valence-corrected chi connectivity index (χ4v) is 1.59. The summed E-state index contributed by atoms with van der Waals surface area (Å²) in [5.41, 5.74) is 3.73. The standard InChI is InChI=1S/C15H21N3O2/c1-10(2)13(15(20)18-17-11(3)4)16-14(19)12-8-6-5-7-9-12/h5-10,13H,1-4H3,(H,16,19)(H,18,20)/t13-/m1/s1. The molecule has 5 heteroatoms. The second-order valence-electron chi connectivity index (χ2n) is 5.10. The van der Waals surface area contributed by atoms with Crippen LogP contribution in [-0.2, 0) is 4.79 Å². The molecule has 5 nitrogen and oxygen atoms in total. The fourth-order valence-electron chi connectivity index (χ4n) is 1.59. The number of rotatable bonds is 5. The minimum Gasteiger partial charge on any atom is -0.340 e. The van der Waals surface area contributed by atoms with E-state index in [1.807, 2.05) is 19.9 Å². The highest BCUT2D eigenvalue weighted by Gasteiger charge is 2.24. The lowest BCUT2D eigenvalue weighted by molar-refractivity contribution is -0.123. The summed E-state index contributed by atoms with van der Waals surface area (Å²) < 4.78 is 0. The highest BCUT2D eigenvalue weighted by Crippen LogP contribution is 2.05. The summed E-state index contributed by atoms with van der Waals surface area (Å²) in [4.78, 5) is 24.1. The largest absolute Gasteiger partial charge is 0.340 e. The van der Waals surface area contributed by atoms with Crippen LogP contribution in [0.1, 0.15) is 38.1 Å². The van der Waals surface area contributed by atoms with Gasteiger partial charge in [0.2, 0.25) is 0 Å². The fraction of sp³-hybridized carbons (Fsp3) is 0.400. The summed E-state index contributed by atoms with van der Waals surface area (Å²) in [6.45, 7) is 7.32. The number of hydrogen-bond donors (Lipinski definition) is 2. The third kappa shape index (κ3) is 4.84. The van der Waals surface area contributed by atoms with E-state index in [9.17, 15) is 9.59 Å². The first-order valence-electron chi connectivity index (χ1n) is 6.58. The van der Waals surface area contributed by atoms with Gasteiger partial charge in [-0.3, -0.25) is 9.59 Å². The van der Waals surface area contributed by atoms with Gasteiger partial charge in [0.1, 0.15) is 6.04 Å². The van der Waals surface area contributed by atoms with E-state index in [4.69, 9.17) is 0 Å². The Balaban J connectivity index is 2.75. The Labute approximate surface area is 119 Å². The lowest BCUT2D eigenvalue weighted by atomic mass is 10.0. The van der Waals surface area contributed by atoms with Crippen LogP contribution in [0.2, 0.25) is 0 Å². The second-order valence-corrected chi connectivity index (χ2v) is 5.10. The van der Waals surface area contributed by atoms with Gasteiger partial charge in [-0.25, -0.2) is 5.43 Å². The van der Waals surface area contributed by atoms with Gasteiger partial charge in [0.05, 0.1) is 0 Å². The van der Waals surface area contributed by atoms with Crippen molar-refractivity contribution >= 4 is 17.5 Å². The Morgan fingerprint density at radius 3 is 2.20 bits per heavy atom. The van der Waals surface area contributed by atoms with Crippen LogP contribution in [-0.4, -0.2) is 23.6 Å². The van der Waals surface area contributed by atoms with Gasteiger partial charge in [-0.2, -0.15) is 5.10 Å². The summed E-state index contributed by atoms with van der Waals surface area (Å²) in [7, 11) is 0. The number of nitrogens with one attached hydrogen (secondary N) is 2. The van der Waals surface area contributed by atoms with Gasteiger partial charge in [0.25, 0.3) is 11.8 Å². The van der Waals surface area contributed by atoms with E-state index in [2.05, 4.69) is 15.8 Å². The van der Waals surface area contributed by atoms with Crippen LogP contribution >= 0.6 is 0 Å². The minimum absolute atomic E-state index is 0.0324.